The molecule has 5 nitrogen and oxygen atoms in total. The maximum absolute atomic E-state index is 6.74. The molecule has 0 spiro atoms. The first-order valence-electron chi connectivity index (χ1n) is 15.0. The minimum atomic E-state index is -0.416. The van der Waals surface area contributed by atoms with Crippen molar-refractivity contribution in [1.29, 1.82) is 0 Å². The van der Waals surface area contributed by atoms with Crippen molar-refractivity contribution in [3.05, 3.63) is 71.8 Å². The summed E-state index contributed by atoms with van der Waals surface area (Å²) < 4.78 is 32.8. The quantitative estimate of drug-likeness (QED) is 0.301. The lowest BCUT2D eigenvalue weighted by molar-refractivity contribution is -0.298. The van der Waals surface area contributed by atoms with Gasteiger partial charge in [0.1, 0.15) is 6.10 Å². The molecule has 0 N–H and O–H groups in total. The van der Waals surface area contributed by atoms with Gasteiger partial charge in [0.25, 0.3) is 0 Å². The molecule has 5 heteroatoms. The third-order valence-corrected chi connectivity index (χ3v) is 9.16. The zero-order valence-electron chi connectivity index (χ0n) is 25.0. The van der Waals surface area contributed by atoms with E-state index in [0.29, 0.717) is 43.5 Å². The van der Waals surface area contributed by atoms with Crippen LogP contribution in [-0.4, -0.2) is 43.4 Å². The molecule has 2 saturated heterocycles. The number of ether oxygens (including phenoxy) is 5. The molecule has 4 unspecified atom stereocenters. The standard InChI is InChI=1S/C34H50O5/c1-8-29-23(4)26(7)33(36-20-28-17-13-10-14-18-28)34(39-29)37-21-30-24(5)25(6)32(31(38-30)22(2)3)35-19-27-15-11-9-12-16-27/h9-18,22-26,29-34H,8,19-21H2,1-7H3/t23-,24-,25+,26+,29?,30?,31+,32?,33?,34-/m1/s1. The Morgan fingerprint density at radius 1 is 0.641 bits per heavy atom. The normalized spacial score (nSPS) is 35.3. The monoisotopic (exact) mass is 538 g/mol. The topological polar surface area (TPSA) is 46.2 Å². The summed E-state index contributed by atoms with van der Waals surface area (Å²) in [6.45, 7) is 17.3. The predicted octanol–water partition coefficient (Wildman–Crippen LogP) is 7.28. The first-order chi connectivity index (χ1) is 18.8. The Balaban J connectivity index is 1.41. The molecule has 10 atom stereocenters. The van der Waals surface area contributed by atoms with Gasteiger partial charge in [-0.2, -0.15) is 0 Å². The van der Waals surface area contributed by atoms with Crippen LogP contribution in [0.5, 0.6) is 0 Å². The van der Waals surface area contributed by atoms with Crippen molar-refractivity contribution in [3.63, 3.8) is 0 Å². The average molecular weight is 539 g/mol. The third-order valence-electron chi connectivity index (χ3n) is 9.16. The van der Waals surface area contributed by atoms with Gasteiger partial charge in [0.15, 0.2) is 6.29 Å². The third kappa shape index (κ3) is 7.51. The van der Waals surface area contributed by atoms with Gasteiger partial charge >= 0.3 is 0 Å². The lowest BCUT2D eigenvalue weighted by atomic mass is 9.78. The molecule has 0 bridgehead atoms. The van der Waals surface area contributed by atoms with E-state index >= 15 is 0 Å². The molecule has 4 rings (SSSR count). The molecule has 2 heterocycles. The van der Waals surface area contributed by atoms with Crippen molar-refractivity contribution >= 4 is 0 Å². The second kappa shape index (κ2) is 14.2. The molecule has 0 aromatic heterocycles. The molecular formula is C34H50O5. The van der Waals surface area contributed by atoms with E-state index < -0.39 is 6.29 Å². The molecule has 0 radical (unpaired) electrons. The number of benzene rings is 2. The fourth-order valence-electron chi connectivity index (χ4n) is 6.13. The zero-order valence-corrected chi connectivity index (χ0v) is 25.0. The molecule has 39 heavy (non-hydrogen) atoms. The lowest BCUT2D eigenvalue weighted by Crippen LogP contribution is -2.55. The Labute approximate surface area is 236 Å². The van der Waals surface area contributed by atoms with E-state index in [2.05, 4.69) is 84.9 Å². The zero-order chi connectivity index (χ0) is 27.9. The van der Waals surface area contributed by atoms with E-state index in [1.165, 1.54) is 5.56 Å². The summed E-state index contributed by atoms with van der Waals surface area (Å²) in [5.74, 6) is 1.67. The molecule has 2 aliphatic rings. The van der Waals surface area contributed by atoms with E-state index in [1.54, 1.807) is 0 Å². The molecule has 2 aromatic carbocycles. The second-order valence-corrected chi connectivity index (χ2v) is 12.1. The largest absolute Gasteiger partial charge is 0.371 e. The minimum absolute atomic E-state index is 0.00764. The van der Waals surface area contributed by atoms with E-state index in [9.17, 15) is 0 Å². The van der Waals surface area contributed by atoms with Crippen molar-refractivity contribution < 1.29 is 23.7 Å². The van der Waals surface area contributed by atoms with Crippen LogP contribution in [0.25, 0.3) is 0 Å². The molecular weight excluding hydrogens is 488 g/mol. The average Bonchev–Trinajstić information content (AvgIpc) is 2.95. The van der Waals surface area contributed by atoms with Gasteiger partial charge in [0, 0.05) is 0 Å². The maximum atomic E-state index is 6.74. The summed E-state index contributed by atoms with van der Waals surface area (Å²) in [5.41, 5.74) is 2.35. The molecule has 2 aromatic rings. The molecule has 0 amide bonds. The smallest absolute Gasteiger partial charge is 0.184 e. The second-order valence-electron chi connectivity index (χ2n) is 12.1. The first kappa shape index (κ1) is 30.2. The van der Waals surface area contributed by atoms with Crippen LogP contribution in [0, 0.1) is 29.6 Å². The van der Waals surface area contributed by atoms with Crippen LogP contribution in [0.1, 0.15) is 66.0 Å². The molecule has 216 valence electrons. The Morgan fingerprint density at radius 2 is 1.15 bits per heavy atom. The Morgan fingerprint density at radius 3 is 1.69 bits per heavy atom. The SMILES string of the molecule is CCC1O[C@@H](OCC2O[C@@H](C(C)C)C(OCc3ccccc3)[C@@H](C)[C@H]2C)C(OCc2ccccc2)[C@@H](C)[C@H]1C. The summed E-state index contributed by atoms with van der Waals surface area (Å²) in [4.78, 5) is 0. The van der Waals surface area contributed by atoms with Gasteiger partial charge in [0.2, 0.25) is 0 Å². The van der Waals surface area contributed by atoms with Gasteiger partial charge in [-0.3, -0.25) is 0 Å². The highest BCUT2D eigenvalue weighted by atomic mass is 16.7. The van der Waals surface area contributed by atoms with Crippen LogP contribution in [-0.2, 0) is 36.9 Å². The van der Waals surface area contributed by atoms with Crippen LogP contribution >= 0.6 is 0 Å². The predicted molar refractivity (Wildman–Crippen MR) is 155 cm³/mol. The summed E-state index contributed by atoms with van der Waals surface area (Å²) >= 11 is 0. The Kier molecular flexibility index (Phi) is 11.0. The summed E-state index contributed by atoms with van der Waals surface area (Å²) in [6, 6.07) is 20.7. The van der Waals surface area contributed by atoms with Crippen LogP contribution in [0.3, 0.4) is 0 Å². The van der Waals surface area contributed by atoms with Gasteiger partial charge in [-0.1, -0.05) is 109 Å². The van der Waals surface area contributed by atoms with E-state index in [1.807, 2.05) is 24.3 Å². The molecule has 2 aliphatic heterocycles. The minimum Gasteiger partial charge on any atom is -0.371 e. The van der Waals surface area contributed by atoms with Crippen molar-refractivity contribution in [2.45, 2.75) is 105 Å². The van der Waals surface area contributed by atoms with Crippen molar-refractivity contribution in [1.82, 2.24) is 0 Å². The highest BCUT2D eigenvalue weighted by Crippen LogP contribution is 2.38. The van der Waals surface area contributed by atoms with Gasteiger partial charge in [-0.05, 0) is 47.1 Å². The number of rotatable bonds is 11. The lowest BCUT2D eigenvalue weighted by Gasteiger charge is -2.48. The van der Waals surface area contributed by atoms with Crippen molar-refractivity contribution in [2.75, 3.05) is 6.61 Å². The fourth-order valence-corrected chi connectivity index (χ4v) is 6.13. The fraction of sp³-hybridized carbons (Fsp3) is 0.647. The number of hydrogen-bond acceptors (Lipinski definition) is 5. The van der Waals surface area contributed by atoms with Gasteiger partial charge in [0.05, 0.1) is 44.2 Å². The summed E-state index contributed by atoms with van der Waals surface area (Å²) in [6.07, 6.45) is 0.576. The van der Waals surface area contributed by atoms with Gasteiger partial charge in [-0.25, -0.2) is 0 Å². The van der Waals surface area contributed by atoms with E-state index in [-0.39, 0.29) is 36.4 Å². The number of hydrogen-bond donors (Lipinski definition) is 0. The summed E-state index contributed by atoms with van der Waals surface area (Å²) in [5, 5.41) is 0. The van der Waals surface area contributed by atoms with Crippen LogP contribution in [0.15, 0.2) is 60.7 Å². The Bertz CT molecular complexity index is 966. The van der Waals surface area contributed by atoms with Crippen molar-refractivity contribution in [3.8, 4) is 0 Å². The molecule has 0 aliphatic carbocycles. The first-order valence-corrected chi connectivity index (χ1v) is 15.0. The Hall–Kier alpha value is -1.76. The van der Waals surface area contributed by atoms with Crippen LogP contribution in [0.4, 0.5) is 0 Å². The van der Waals surface area contributed by atoms with Gasteiger partial charge < -0.3 is 23.7 Å². The summed E-state index contributed by atoms with van der Waals surface area (Å²) in [7, 11) is 0. The molecule has 2 fully saturated rings. The van der Waals surface area contributed by atoms with Crippen molar-refractivity contribution in [2.24, 2.45) is 29.6 Å². The van der Waals surface area contributed by atoms with E-state index in [0.717, 1.165) is 12.0 Å². The maximum Gasteiger partial charge on any atom is 0.184 e. The highest BCUT2D eigenvalue weighted by Gasteiger charge is 2.46. The van der Waals surface area contributed by atoms with Crippen LogP contribution < -0.4 is 0 Å². The van der Waals surface area contributed by atoms with Crippen LogP contribution in [0.2, 0.25) is 0 Å². The van der Waals surface area contributed by atoms with E-state index in [4.69, 9.17) is 23.7 Å². The molecule has 0 saturated carbocycles. The highest BCUT2D eigenvalue weighted by molar-refractivity contribution is 5.14. The van der Waals surface area contributed by atoms with Gasteiger partial charge in [-0.15, -0.1) is 0 Å².